The van der Waals surface area contributed by atoms with E-state index in [0.29, 0.717) is 22.3 Å². The molecule has 0 aliphatic carbocycles. The first-order chi connectivity index (χ1) is 12.8. The lowest BCUT2D eigenvalue weighted by molar-refractivity contribution is -0.121. The molecule has 0 saturated carbocycles. The highest BCUT2D eigenvalue weighted by Crippen LogP contribution is 2.30. The number of carbonyl (C=O) groups excluding carboxylic acids is 1. The van der Waals surface area contributed by atoms with E-state index < -0.39 is 11.7 Å². The van der Waals surface area contributed by atoms with Crippen LogP contribution in [0.2, 0.25) is 0 Å². The first-order valence-corrected chi connectivity index (χ1v) is 8.71. The second kappa shape index (κ2) is 7.54. The summed E-state index contributed by atoms with van der Waals surface area (Å²) < 4.78 is 15.9. The minimum absolute atomic E-state index is 0.0543. The smallest absolute Gasteiger partial charge is 0.340 e. The fraction of sp³-hybridized carbons (Fsp3) is 0.400. The fourth-order valence-electron chi connectivity index (χ4n) is 3.14. The first kappa shape index (κ1) is 19.1. The summed E-state index contributed by atoms with van der Waals surface area (Å²) in [5, 5.41) is 13.9. The van der Waals surface area contributed by atoms with Gasteiger partial charge in [0, 0.05) is 30.5 Å². The second-order valence-electron chi connectivity index (χ2n) is 6.71. The minimum Gasteiger partial charge on any atom is -0.461 e. The van der Waals surface area contributed by atoms with Crippen molar-refractivity contribution in [3.05, 3.63) is 45.0 Å². The lowest BCUT2D eigenvalue weighted by Crippen LogP contribution is -2.36. The van der Waals surface area contributed by atoms with Crippen molar-refractivity contribution in [2.75, 3.05) is 20.3 Å². The molecule has 0 bridgehead atoms. The molecule has 7 nitrogen and oxygen atoms in total. The molecule has 144 valence electrons. The standard InChI is InChI=1S/C20H23NO6/c1-10-12(3)26-17-7-18-15(5-14(10)17)11(2)16(20(24)27-18)6-19(23)21-8-13(22)9-25-4/h5,7,13,22H,6,8-9H2,1-4H3,(H,21,23)/t13-/m0/s1. The number of aliphatic hydroxyl groups is 1. The Kier molecular flexibility index (Phi) is 5.34. The number of nitrogens with one attached hydrogen (secondary N) is 1. The van der Waals surface area contributed by atoms with Crippen molar-refractivity contribution in [2.45, 2.75) is 33.3 Å². The lowest BCUT2D eigenvalue weighted by atomic mass is 10.0. The number of rotatable bonds is 6. The molecule has 0 unspecified atom stereocenters. The van der Waals surface area contributed by atoms with E-state index in [-0.39, 0.29) is 25.5 Å². The molecule has 1 atom stereocenters. The number of aryl methyl sites for hydroxylation is 3. The van der Waals surface area contributed by atoms with Crippen molar-refractivity contribution in [3.63, 3.8) is 0 Å². The van der Waals surface area contributed by atoms with Crippen LogP contribution >= 0.6 is 0 Å². The van der Waals surface area contributed by atoms with Gasteiger partial charge >= 0.3 is 5.63 Å². The largest absolute Gasteiger partial charge is 0.461 e. The molecule has 2 aromatic heterocycles. The predicted molar refractivity (Wildman–Crippen MR) is 101 cm³/mol. The van der Waals surface area contributed by atoms with Gasteiger partial charge in [-0.25, -0.2) is 4.79 Å². The maximum absolute atomic E-state index is 12.4. The molecule has 7 heteroatoms. The van der Waals surface area contributed by atoms with Crippen molar-refractivity contribution in [2.24, 2.45) is 0 Å². The van der Waals surface area contributed by atoms with Crippen LogP contribution in [0.1, 0.15) is 22.5 Å². The van der Waals surface area contributed by atoms with Gasteiger partial charge in [0.1, 0.15) is 16.9 Å². The highest BCUT2D eigenvalue weighted by atomic mass is 16.5. The number of benzene rings is 1. The van der Waals surface area contributed by atoms with Crippen LogP contribution in [0.15, 0.2) is 25.8 Å². The van der Waals surface area contributed by atoms with Crippen LogP contribution in [0.5, 0.6) is 0 Å². The fourth-order valence-corrected chi connectivity index (χ4v) is 3.14. The van der Waals surface area contributed by atoms with E-state index in [9.17, 15) is 14.7 Å². The molecular weight excluding hydrogens is 350 g/mol. The van der Waals surface area contributed by atoms with Gasteiger partial charge in [0.25, 0.3) is 0 Å². The van der Waals surface area contributed by atoms with Crippen molar-refractivity contribution in [1.82, 2.24) is 5.32 Å². The van der Waals surface area contributed by atoms with Crippen LogP contribution in [0.4, 0.5) is 0 Å². The molecule has 0 aliphatic heterocycles. The number of ether oxygens (including phenoxy) is 1. The summed E-state index contributed by atoms with van der Waals surface area (Å²) in [6.07, 6.45) is -0.917. The van der Waals surface area contributed by atoms with Crippen LogP contribution in [0.3, 0.4) is 0 Å². The molecular formula is C20H23NO6. The maximum atomic E-state index is 12.4. The Labute approximate surface area is 155 Å². The van der Waals surface area contributed by atoms with Gasteiger partial charge in [-0.2, -0.15) is 0 Å². The minimum atomic E-state index is -0.798. The molecule has 0 saturated heterocycles. The second-order valence-corrected chi connectivity index (χ2v) is 6.71. The van der Waals surface area contributed by atoms with E-state index in [2.05, 4.69) is 5.32 Å². The number of furan rings is 1. The van der Waals surface area contributed by atoms with Crippen LogP contribution in [0, 0.1) is 20.8 Å². The summed E-state index contributed by atoms with van der Waals surface area (Å²) in [5.74, 6) is 0.450. The predicted octanol–water partition coefficient (Wildman–Crippen LogP) is 2.13. The zero-order chi connectivity index (χ0) is 19.7. The van der Waals surface area contributed by atoms with Gasteiger partial charge in [-0.1, -0.05) is 0 Å². The third-order valence-electron chi connectivity index (χ3n) is 4.81. The summed E-state index contributed by atoms with van der Waals surface area (Å²) in [7, 11) is 1.47. The average molecular weight is 373 g/mol. The lowest BCUT2D eigenvalue weighted by Gasteiger charge is -2.11. The van der Waals surface area contributed by atoms with Crippen molar-refractivity contribution < 1.29 is 23.5 Å². The monoisotopic (exact) mass is 373 g/mol. The van der Waals surface area contributed by atoms with E-state index in [1.165, 1.54) is 7.11 Å². The van der Waals surface area contributed by atoms with Crippen molar-refractivity contribution >= 4 is 27.8 Å². The van der Waals surface area contributed by atoms with E-state index in [1.54, 1.807) is 13.0 Å². The molecule has 0 spiro atoms. The molecule has 1 amide bonds. The van der Waals surface area contributed by atoms with Crippen LogP contribution in [-0.2, 0) is 16.0 Å². The maximum Gasteiger partial charge on any atom is 0.340 e. The zero-order valence-electron chi connectivity index (χ0n) is 15.8. The van der Waals surface area contributed by atoms with Crippen LogP contribution in [0.25, 0.3) is 21.9 Å². The van der Waals surface area contributed by atoms with Gasteiger partial charge in [0.2, 0.25) is 5.91 Å². The molecule has 3 rings (SSSR count). The summed E-state index contributed by atoms with van der Waals surface area (Å²) >= 11 is 0. The van der Waals surface area contributed by atoms with Gasteiger partial charge in [-0.05, 0) is 38.0 Å². The van der Waals surface area contributed by atoms with Gasteiger partial charge in [-0.15, -0.1) is 0 Å². The van der Waals surface area contributed by atoms with Crippen molar-refractivity contribution in [3.8, 4) is 0 Å². The van der Waals surface area contributed by atoms with Crippen LogP contribution < -0.4 is 10.9 Å². The number of hydrogen-bond donors (Lipinski definition) is 2. The first-order valence-electron chi connectivity index (χ1n) is 8.71. The topological polar surface area (TPSA) is 102 Å². The number of carbonyl (C=O) groups is 1. The van der Waals surface area contributed by atoms with Gasteiger partial charge in [-0.3, -0.25) is 4.79 Å². The molecule has 0 fully saturated rings. The number of methoxy groups -OCH3 is 1. The zero-order valence-corrected chi connectivity index (χ0v) is 15.8. The Morgan fingerprint density at radius 2 is 1.81 bits per heavy atom. The van der Waals surface area contributed by atoms with Gasteiger partial charge in [0.05, 0.1) is 24.7 Å². The Hall–Kier alpha value is -2.64. The Bertz CT molecular complexity index is 1060. The third-order valence-corrected chi connectivity index (χ3v) is 4.81. The Morgan fingerprint density at radius 3 is 2.52 bits per heavy atom. The summed E-state index contributed by atoms with van der Waals surface area (Å²) in [5.41, 5.74) is 2.58. The molecule has 1 aromatic carbocycles. The van der Waals surface area contributed by atoms with E-state index in [4.69, 9.17) is 13.6 Å². The van der Waals surface area contributed by atoms with Crippen molar-refractivity contribution in [1.29, 1.82) is 0 Å². The number of hydrogen-bond acceptors (Lipinski definition) is 6. The highest BCUT2D eigenvalue weighted by molar-refractivity contribution is 5.97. The van der Waals surface area contributed by atoms with E-state index >= 15 is 0 Å². The van der Waals surface area contributed by atoms with Crippen LogP contribution in [-0.4, -0.2) is 37.4 Å². The molecule has 0 aliphatic rings. The summed E-state index contributed by atoms with van der Waals surface area (Å²) in [4.78, 5) is 24.6. The van der Waals surface area contributed by atoms with E-state index in [1.807, 2.05) is 19.9 Å². The average Bonchev–Trinajstić information content (AvgIpc) is 2.89. The molecule has 2 heterocycles. The van der Waals surface area contributed by atoms with Gasteiger partial charge < -0.3 is 24.0 Å². The molecule has 2 N–H and O–H groups in total. The quantitative estimate of drug-likeness (QED) is 0.642. The molecule has 3 aromatic rings. The van der Waals surface area contributed by atoms with E-state index in [0.717, 1.165) is 22.1 Å². The summed E-state index contributed by atoms with van der Waals surface area (Å²) in [6, 6.07) is 3.64. The number of amides is 1. The molecule has 0 radical (unpaired) electrons. The molecule has 27 heavy (non-hydrogen) atoms. The number of aliphatic hydroxyl groups excluding tert-OH is 1. The third kappa shape index (κ3) is 3.74. The Balaban J connectivity index is 1.94. The summed E-state index contributed by atoms with van der Waals surface area (Å²) in [6.45, 7) is 5.84. The van der Waals surface area contributed by atoms with Gasteiger partial charge in [0.15, 0.2) is 0 Å². The SMILES string of the molecule is COC[C@@H](O)CNC(=O)Cc1c(C)c2cc3c(C)c(C)oc3cc2oc1=O. The number of fused-ring (bicyclic) bond motifs is 2. The Morgan fingerprint density at radius 1 is 1.15 bits per heavy atom. The normalized spacial score (nSPS) is 12.6. The highest BCUT2D eigenvalue weighted by Gasteiger charge is 2.18.